The van der Waals surface area contributed by atoms with Crippen molar-refractivity contribution in [3.63, 3.8) is 0 Å². The predicted molar refractivity (Wildman–Crippen MR) is 89.5 cm³/mol. The van der Waals surface area contributed by atoms with Crippen molar-refractivity contribution in [3.05, 3.63) is 12.2 Å². The molecule has 0 aromatic heterocycles. The third-order valence-corrected chi connectivity index (χ3v) is 5.47. The minimum Gasteiger partial charge on any atom is -0.0993 e. The second kappa shape index (κ2) is 8.82. The van der Waals surface area contributed by atoms with Crippen molar-refractivity contribution in [2.75, 3.05) is 0 Å². The first kappa shape index (κ1) is 18.7. The van der Waals surface area contributed by atoms with E-state index < -0.39 is 0 Å². The summed E-state index contributed by atoms with van der Waals surface area (Å²) in [5, 5.41) is 0. The van der Waals surface area contributed by atoms with Gasteiger partial charge in [-0.15, -0.1) is 0 Å². The molecule has 114 valence electrons. The summed E-state index contributed by atoms with van der Waals surface area (Å²) >= 11 is 0. The molecule has 0 bridgehead atoms. The van der Waals surface area contributed by atoms with Gasteiger partial charge in [0.25, 0.3) is 0 Å². The molecule has 1 rings (SSSR count). The van der Waals surface area contributed by atoms with Gasteiger partial charge in [-0.3, -0.25) is 0 Å². The molecule has 0 aromatic rings. The second-order valence-corrected chi connectivity index (χ2v) is 7.26. The molecule has 0 heteroatoms. The molecule has 1 aliphatic carbocycles. The SMILES string of the molecule is C=C(CC)C(C)(C)CC.CCC(C)CC1CCC1C. The van der Waals surface area contributed by atoms with E-state index in [1.165, 1.54) is 37.7 Å². The summed E-state index contributed by atoms with van der Waals surface area (Å²) in [5.74, 6) is 3.08. The highest BCUT2D eigenvalue weighted by Crippen LogP contribution is 2.38. The van der Waals surface area contributed by atoms with Gasteiger partial charge in [0.2, 0.25) is 0 Å². The fraction of sp³-hybridized carbons (Fsp3) is 0.895. The van der Waals surface area contributed by atoms with Crippen LogP contribution in [0.4, 0.5) is 0 Å². The van der Waals surface area contributed by atoms with Gasteiger partial charge in [-0.2, -0.15) is 0 Å². The molecular formula is C19H38. The number of allylic oxidation sites excluding steroid dienone is 1. The normalized spacial score (nSPS) is 23.9. The van der Waals surface area contributed by atoms with E-state index in [0.29, 0.717) is 5.41 Å². The molecule has 0 aliphatic heterocycles. The maximum absolute atomic E-state index is 4.02. The first-order valence-electron chi connectivity index (χ1n) is 8.46. The Morgan fingerprint density at radius 2 is 1.79 bits per heavy atom. The summed E-state index contributed by atoms with van der Waals surface area (Å²) in [4.78, 5) is 0. The zero-order valence-corrected chi connectivity index (χ0v) is 14.7. The molecular weight excluding hydrogens is 228 g/mol. The van der Waals surface area contributed by atoms with Crippen LogP contribution in [0.2, 0.25) is 0 Å². The maximum Gasteiger partial charge on any atom is -0.0150 e. The lowest BCUT2D eigenvalue weighted by molar-refractivity contribution is 0.159. The number of rotatable bonds is 6. The zero-order valence-electron chi connectivity index (χ0n) is 14.7. The smallest absolute Gasteiger partial charge is 0.0150 e. The molecule has 19 heavy (non-hydrogen) atoms. The first-order chi connectivity index (χ1) is 8.78. The van der Waals surface area contributed by atoms with Gasteiger partial charge in [-0.1, -0.05) is 73.5 Å². The molecule has 0 amide bonds. The summed E-state index contributed by atoms with van der Waals surface area (Å²) in [5.41, 5.74) is 1.72. The highest BCUT2D eigenvalue weighted by Gasteiger charge is 2.27. The fourth-order valence-electron chi connectivity index (χ4n) is 2.50. The van der Waals surface area contributed by atoms with E-state index in [1.807, 2.05) is 0 Å². The topological polar surface area (TPSA) is 0 Å². The summed E-state index contributed by atoms with van der Waals surface area (Å²) in [6.07, 6.45) is 8.15. The van der Waals surface area contributed by atoms with E-state index in [1.54, 1.807) is 0 Å². The predicted octanol–water partition coefficient (Wildman–Crippen LogP) is 6.86. The van der Waals surface area contributed by atoms with E-state index in [2.05, 4.69) is 55.0 Å². The Bertz CT molecular complexity index is 249. The molecule has 0 radical (unpaired) electrons. The van der Waals surface area contributed by atoms with Gasteiger partial charge in [0.05, 0.1) is 0 Å². The Balaban J connectivity index is 0.000000344. The number of hydrogen-bond donors (Lipinski definition) is 0. The van der Waals surface area contributed by atoms with Crippen molar-refractivity contribution in [2.24, 2.45) is 23.2 Å². The summed E-state index contributed by atoms with van der Waals surface area (Å²) in [6, 6.07) is 0. The molecule has 0 heterocycles. The third kappa shape index (κ3) is 6.63. The van der Waals surface area contributed by atoms with Crippen LogP contribution in [0.5, 0.6) is 0 Å². The van der Waals surface area contributed by atoms with Crippen molar-refractivity contribution in [1.82, 2.24) is 0 Å². The third-order valence-electron chi connectivity index (χ3n) is 5.47. The Hall–Kier alpha value is -0.260. The summed E-state index contributed by atoms with van der Waals surface area (Å²) in [6.45, 7) is 20.0. The Morgan fingerprint density at radius 1 is 1.21 bits per heavy atom. The lowest BCUT2D eigenvalue weighted by Crippen LogP contribution is -2.24. The quantitative estimate of drug-likeness (QED) is 0.461. The Labute approximate surface area is 123 Å². The van der Waals surface area contributed by atoms with E-state index in [4.69, 9.17) is 0 Å². The molecule has 0 N–H and O–H groups in total. The number of hydrogen-bond acceptors (Lipinski definition) is 0. The van der Waals surface area contributed by atoms with Crippen LogP contribution in [-0.4, -0.2) is 0 Å². The zero-order chi connectivity index (χ0) is 15.1. The second-order valence-electron chi connectivity index (χ2n) is 7.26. The highest BCUT2D eigenvalue weighted by atomic mass is 14.3. The molecule has 0 nitrogen and oxygen atoms in total. The Morgan fingerprint density at radius 3 is 2.00 bits per heavy atom. The van der Waals surface area contributed by atoms with Crippen LogP contribution in [0.1, 0.15) is 87.0 Å². The van der Waals surface area contributed by atoms with E-state index >= 15 is 0 Å². The first-order valence-corrected chi connectivity index (χ1v) is 8.46. The molecule has 3 atom stereocenters. The van der Waals surface area contributed by atoms with Crippen LogP contribution < -0.4 is 0 Å². The highest BCUT2D eigenvalue weighted by molar-refractivity contribution is 5.05. The minimum absolute atomic E-state index is 0.356. The van der Waals surface area contributed by atoms with E-state index in [9.17, 15) is 0 Å². The fourth-order valence-corrected chi connectivity index (χ4v) is 2.50. The average Bonchev–Trinajstić information content (AvgIpc) is 2.42. The van der Waals surface area contributed by atoms with Crippen molar-refractivity contribution >= 4 is 0 Å². The minimum atomic E-state index is 0.356. The van der Waals surface area contributed by atoms with Crippen LogP contribution in [0.15, 0.2) is 12.2 Å². The van der Waals surface area contributed by atoms with Gasteiger partial charge < -0.3 is 0 Å². The van der Waals surface area contributed by atoms with Crippen LogP contribution in [-0.2, 0) is 0 Å². The molecule has 1 fully saturated rings. The van der Waals surface area contributed by atoms with Crippen LogP contribution in [0.25, 0.3) is 0 Å². The monoisotopic (exact) mass is 266 g/mol. The molecule has 0 spiro atoms. The lowest BCUT2D eigenvalue weighted by atomic mass is 9.71. The van der Waals surface area contributed by atoms with Crippen molar-refractivity contribution in [3.8, 4) is 0 Å². The van der Waals surface area contributed by atoms with Gasteiger partial charge in [0, 0.05) is 0 Å². The van der Waals surface area contributed by atoms with Crippen LogP contribution >= 0.6 is 0 Å². The molecule has 1 aliphatic rings. The molecule has 0 aromatic carbocycles. The van der Waals surface area contributed by atoms with E-state index in [-0.39, 0.29) is 0 Å². The van der Waals surface area contributed by atoms with Crippen LogP contribution in [0, 0.1) is 23.2 Å². The molecule has 0 saturated heterocycles. The van der Waals surface area contributed by atoms with Gasteiger partial charge in [-0.05, 0) is 48.9 Å². The maximum atomic E-state index is 4.02. The van der Waals surface area contributed by atoms with Gasteiger partial charge in [0.15, 0.2) is 0 Å². The van der Waals surface area contributed by atoms with Gasteiger partial charge in [-0.25, -0.2) is 0 Å². The van der Waals surface area contributed by atoms with Crippen LogP contribution in [0.3, 0.4) is 0 Å². The summed E-state index contributed by atoms with van der Waals surface area (Å²) < 4.78 is 0. The summed E-state index contributed by atoms with van der Waals surface area (Å²) in [7, 11) is 0. The van der Waals surface area contributed by atoms with E-state index in [0.717, 1.165) is 24.2 Å². The van der Waals surface area contributed by atoms with Crippen molar-refractivity contribution in [1.29, 1.82) is 0 Å². The van der Waals surface area contributed by atoms with Gasteiger partial charge >= 0.3 is 0 Å². The molecule has 1 saturated carbocycles. The van der Waals surface area contributed by atoms with Crippen molar-refractivity contribution < 1.29 is 0 Å². The molecule has 3 unspecified atom stereocenters. The van der Waals surface area contributed by atoms with Crippen molar-refractivity contribution in [2.45, 2.75) is 87.0 Å². The average molecular weight is 267 g/mol. The lowest BCUT2D eigenvalue weighted by Gasteiger charge is -2.35. The largest absolute Gasteiger partial charge is 0.0993 e. The standard InChI is InChI=1S/C10H20.C9H18/c1-4-8(2)7-10-6-5-9(10)3;1-6-8(3)9(4,5)7-2/h8-10H,4-7H2,1-3H3;3,6-7H2,1-2,4-5H3. The Kier molecular flexibility index (Phi) is 8.70. The van der Waals surface area contributed by atoms with Gasteiger partial charge in [0.1, 0.15) is 0 Å².